The van der Waals surface area contributed by atoms with Gasteiger partial charge in [-0.2, -0.15) is 0 Å². The first-order valence-corrected chi connectivity index (χ1v) is 21.3. The number of amides is 4. The smallest absolute Gasteiger partial charge is 0.407 e. The number of aromatic nitrogens is 2. The van der Waals surface area contributed by atoms with Crippen LogP contribution in [0.25, 0.3) is 38.9 Å². The van der Waals surface area contributed by atoms with Crippen molar-refractivity contribution in [1.82, 2.24) is 41.0 Å². The van der Waals surface area contributed by atoms with Gasteiger partial charge in [0.05, 0.1) is 43.9 Å². The average molecular weight is 839 g/mol. The summed E-state index contributed by atoms with van der Waals surface area (Å²) >= 11 is 0. The number of hydrogen-bond donors (Lipinski definition) is 5. The van der Waals surface area contributed by atoms with E-state index in [9.17, 15) is 19.2 Å². The van der Waals surface area contributed by atoms with Crippen molar-refractivity contribution >= 4 is 40.5 Å². The van der Waals surface area contributed by atoms with Crippen LogP contribution in [-0.4, -0.2) is 89.3 Å². The number of ether oxygens (including phenoxy) is 2. The van der Waals surface area contributed by atoms with Crippen LogP contribution in [0.5, 0.6) is 0 Å². The Hall–Kier alpha value is -6.83. The summed E-state index contributed by atoms with van der Waals surface area (Å²) in [6.45, 7) is 6.95. The zero-order chi connectivity index (χ0) is 43.5. The van der Waals surface area contributed by atoms with E-state index >= 15 is 0 Å². The second kappa shape index (κ2) is 18.0. The Labute approximate surface area is 361 Å². The molecule has 62 heavy (non-hydrogen) atoms. The van der Waals surface area contributed by atoms with Gasteiger partial charge in [-0.15, -0.1) is 0 Å². The lowest BCUT2D eigenvalue weighted by Crippen LogP contribution is -2.57. The van der Waals surface area contributed by atoms with E-state index in [2.05, 4.69) is 86.9 Å². The van der Waals surface area contributed by atoms with Gasteiger partial charge in [-0.05, 0) is 94.8 Å². The molecule has 5 aromatic rings. The third-order valence-corrected chi connectivity index (χ3v) is 12.4. The highest BCUT2D eigenvalue weighted by atomic mass is 16.5. The lowest BCUT2D eigenvalue weighted by molar-refractivity contribution is -0.136. The number of alkyl carbamates (subject to hydrolysis) is 2. The van der Waals surface area contributed by atoms with Crippen molar-refractivity contribution in [3.05, 3.63) is 120 Å². The quantitative estimate of drug-likeness (QED) is 0.0927. The summed E-state index contributed by atoms with van der Waals surface area (Å²) in [7, 11) is 2.59. The van der Waals surface area contributed by atoms with Crippen LogP contribution >= 0.6 is 0 Å². The highest BCUT2D eigenvalue weighted by molar-refractivity contribution is 5.91. The van der Waals surface area contributed by atoms with Gasteiger partial charge in [-0.3, -0.25) is 9.59 Å². The molecule has 0 saturated carbocycles. The third-order valence-electron chi connectivity index (χ3n) is 12.4. The van der Waals surface area contributed by atoms with Crippen LogP contribution in [0.3, 0.4) is 0 Å². The van der Waals surface area contributed by atoms with Crippen LogP contribution in [0.4, 0.5) is 9.59 Å². The van der Waals surface area contributed by atoms with Gasteiger partial charge in [-0.25, -0.2) is 14.6 Å². The summed E-state index contributed by atoms with van der Waals surface area (Å²) in [6, 6.07) is 26.9. The molecule has 3 aliphatic heterocycles. The summed E-state index contributed by atoms with van der Waals surface area (Å²) in [6.07, 6.45) is 5.68. The van der Waals surface area contributed by atoms with Gasteiger partial charge < -0.3 is 45.5 Å². The molecule has 5 atom stereocenters. The van der Waals surface area contributed by atoms with E-state index in [4.69, 9.17) is 14.5 Å². The number of carbonyl (C=O) groups excluding carboxylic acids is 4. The molecule has 4 aromatic carbocycles. The normalized spacial score (nSPS) is 19.4. The van der Waals surface area contributed by atoms with Crippen molar-refractivity contribution in [2.24, 2.45) is 5.92 Å². The van der Waals surface area contributed by atoms with Gasteiger partial charge in [0.1, 0.15) is 24.1 Å². The maximum absolute atomic E-state index is 14.1. The molecule has 14 nitrogen and oxygen atoms in total. The molecule has 1 aromatic heterocycles. The van der Waals surface area contributed by atoms with E-state index in [0.717, 1.165) is 81.2 Å². The summed E-state index contributed by atoms with van der Waals surface area (Å²) in [5.74, 6) is 0.320. The molecule has 1 unspecified atom stereocenters. The number of nitrogens with one attached hydrogen (secondary N) is 5. The van der Waals surface area contributed by atoms with E-state index < -0.39 is 24.3 Å². The minimum absolute atomic E-state index is 0.0733. The van der Waals surface area contributed by atoms with Crippen molar-refractivity contribution in [3.63, 3.8) is 0 Å². The Morgan fingerprint density at radius 3 is 2.13 bits per heavy atom. The van der Waals surface area contributed by atoms with Crippen LogP contribution in [0.15, 0.2) is 97.3 Å². The topological polar surface area (TPSA) is 170 Å². The van der Waals surface area contributed by atoms with E-state index in [1.54, 1.807) is 0 Å². The predicted octanol–water partition coefficient (Wildman–Crippen LogP) is 7.16. The molecule has 0 spiro atoms. The fourth-order valence-corrected chi connectivity index (χ4v) is 9.02. The summed E-state index contributed by atoms with van der Waals surface area (Å²) in [4.78, 5) is 64.0. The summed E-state index contributed by atoms with van der Waals surface area (Å²) < 4.78 is 9.66. The molecule has 14 heteroatoms. The number of methoxy groups -OCH3 is 2. The number of aromatic amines is 1. The molecule has 5 N–H and O–H groups in total. The lowest BCUT2D eigenvalue weighted by atomic mass is 9.98. The number of imidazole rings is 1. The molecule has 2 saturated heterocycles. The Morgan fingerprint density at radius 1 is 0.758 bits per heavy atom. The van der Waals surface area contributed by atoms with E-state index in [0.29, 0.717) is 18.9 Å². The maximum atomic E-state index is 14.1. The molecule has 4 heterocycles. The second-order valence-electron chi connectivity index (χ2n) is 16.6. The number of nitrogens with zero attached hydrogens (tertiary/aromatic N) is 3. The van der Waals surface area contributed by atoms with Gasteiger partial charge >= 0.3 is 12.2 Å². The molecule has 8 rings (SSSR count). The Kier molecular flexibility index (Phi) is 12.2. The largest absolute Gasteiger partial charge is 0.453 e. The zero-order valence-electron chi connectivity index (χ0n) is 35.7. The number of hydrogen-bond acceptors (Lipinski definition) is 9. The highest BCUT2D eigenvalue weighted by Crippen LogP contribution is 2.35. The molecule has 3 aliphatic rings. The van der Waals surface area contributed by atoms with Gasteiger partial charge in [0.15, 0.2) is 0 Å². The monoisotopic (exact) mass is 838 g/mol. The molecule has 4 amide bonds. The van der Waals surface area contributed by atoms with Crippen molar-refractivity contribution in [2.45, 2.75) is 76.8 Å². The first kappa shape index (κ1) is 41.9. The summed E-state index contributed by atoms with van der Waals surface area (Å²) in [5.41, 5.74) is 7.64. The molecule has 0 radical (unpaired) electrons. The highest BCUT2D eigenvalue weighted by Gasteiger charge is 2.41. The van der Waals surface area contributed by atoms with Crippen molar-refractivity contribution in [2.75, 3.05) is 27.3 Å². The molecule has 322 valence electrons. The average Bonchev–Trinajstić information content (AvgIpc) is 4.14. The molecular formula is C48H54N8O6. The fraction of sp³-hybridized carbons (Fsp3) is 0.354. The zero-order valence-corrected chi connectivity index (χ0v) is 35.7. The number of carbonyl (C=O) groups is 4. The standard InChI is InChI=1S/C48H54N8O6/c1-28(2)41(53-47(59)61-4)45(57)55-22-8-12-39(55)44-50-27-38(52-44)35-21-20-33-24-32(18-19-34(33)25-35)30-14-16-31(17-15-30)37-26-49-43(51-37)40-13-9-23-56(40)46(58)42(54-48(60)62-5)36-11-7-6-10-29(36)3/h6-7,10-11,14-21,24-28,39-42,44,50,52H,8-9,12-13,22-23H2,1-5H3,(H,49,51)(H,53,59)(H,54,60)/t39-,40-,41-,42+,44?/m0/s1. The number of fused-ring (bicyclic) bond motifs is 1. The number of benzene rings is 4. The lowest BCUT2D eigenvalue weighted by Gasteiger charge is -2.34. The fourth-order valence-electron chi connectivity index (χ4n) is 9.02. The van der Waals surface area contributed by atoms with Crippen LogP contribution < -0.4 is 21.3 Å². The van der Waals surface area contributed by atoms with Crippen LogP contribution in [0, 0.1) is 12.8 Å². The van der Waals surface area contributed by atoms with E-state index in [1.165, 1.54) is 14.2 Å². The van der Waals surface area contributed by atoms with Gasteiger partial charge in [0.2, 0.25) is 5.91 Å². The summed E-state index contributed by atoms with van der Waals surface area (Å²) in [5, 5.41) is 14.8. The van der Waals surface area contributed by atoms with Gasteiger partial charge in [-0.1, -0.05) is 86.6 Å². The van der Waals surface area contributed by atoms with Crippen molar-refractivity contribution in [3.8, 4) is 22.4 Å². The Bertz CT molecular complexity index is 2500. The number of likely N-dealkylation sites (tertiary alicyclic amines) is 2. The van der Waals surface area contributed by atoms with E-state index in [-0.39, 0.29) is 36.0 Å². The molecular weight excluding hydrogens is 785 g/mol. The van der Waals surface area contributed by atoms with Crippen molar-refractivity contribution in [1.29, 1.82) is 0 Å². The molecule has 0 aliphatic carbocycles. The SMILES string of the molecule is COC(=O)N[C@H](C(=O)N1CCC[C@H]1C1NC=C(c2ccc3cc(-c4ccc(-c5cnc([C@@H]6CCCN6C(=O)[C@H](NC(=O)OC)c6ccccc6C)[nH]5)cc4)ccc3c2)N1)C(C)C. The minimum Gasteiger partial charge on any atom is -0.453 e. The first-order valence-electron chi connectivity index (χ1n) is 21.3. The van der Waals surface area contributed by atoms with Crippen LogP contribution in [0.2, 0.25) is 0 Å². The third kappa shape index (κ3) is 8.54. The first-order chi connectivity index (χ1) is 30.0. The maximum Gasteiger partial charge on any atom is 0.407 e. The Morgan fingerprint density at radius 2 is 1.40 bits per heavy atom. The molecule has 2 fully saturated rings. The van der Waals surface area contributed by atoms with Crippen molar-refractivity contribution < 1.29 is 28.7 Å². The van der Waals surface area contributed by atoms with E-state index in [1.807, 2.05) is 67.2 Å². The number of rotatable bonds is 11. The predicted molar refractivity (Wildman–Crippen MR) is 237 cm³/mol. The number of aryl methyl sites for hydroxylation is 1. The second-order valence-corrected chi connectivity index (χ2v) is 16.6. The van der Waals surface area contributed by atoms with Gasteiger partial charge in [0, 0.05) is 19.3 Å². The van der Waals surface area contributed by atoms with Gasteiger partial charge in [0.25, 0.3) is 5.91 Å². The minimum atomic E-state index is -0.883. The Balaban J connectivity index is 0.920. The number of H-pyrrole nitrogens is 1. The van der Waals surface area contributed by atoms with Crippen LogP contribution in [-0.2, 0) is 19.1 Å². The van der Waals surface area contributed by atoms with Crippen LogP contribution in [0.1, 0.15) is 74.1 Å². The molecule has 0 bridgehead atoms.